The summed E-state index contributed by atoms with van der Waals surface area (Å²) in [6.07, 6.45) is 1.38. The van der Waals surface area contributed by atoms with Gasteiger partial charge in [0.25, 0.3) is 10.1 Å². The van der Waals surface area contributed by atoms with E-state index in [1.54, 1.807) is 0 Å². The molecule has 0 aliphatic carbocycles. The molecule has 1 N–H and O–H groups in total. The van der Waals surface area contributed by atoms with E-state index in [2.05, 4.69) is 4.74 Å². The fourth-order valence-electron chi connectivity index (χ4n) is 0.325. The van der Waals surface area contributed by atoms with Crippen LogP contribution in [-0.4, -0.2) is 31.3 Å². The van der Waals surface area contributed by atoms with E-state index >= 15 is 0 Å². The zero-order valence-corrected chi connectivity index (χ0v) is 9.78. The number of hydrogen-bond donors (Lipinski definition) is 1. The summed E-state index contributed by atoms with van der Waals surface area (Å²) in [5, 5.41) is 9.71. The summed E-state index contributed by atoms with van der Waals surface area (Å²) >= 11 is 0. The van der Waals surface area contributed by atoms with Crippen molar-refractivity contribution in [2.75, 3.05) is 12.4 Å². The Bertz CT molecular complexity index is 269. The minimum atomic E-state index is -4.05. The van der Waals surface area contributed by atoms with Gasteiger partial charge in [0.1, 0.15) is 12.4 Å². The first kappa shape index (κ1) is 15.4. The van der Waals surface area contributed by atoms with Crippen LogP contribution in [0.15, 0.2) is 12.3 Å². The number of hydrogen-bond acceptors (Lipinski definition) is 5. The van der Waals surface area contributed by atoms with Gasteiger partial charge in [-0.15, -0.1) is 0 Å². The third-order valence-electron chi connectivity index (χ3n) is 0.759. The third-order valence-corrected chi connectivity index (χ3v) is 1.44. The van der Waals surface area contributed by atoms with E-state index in [0.717, 1.165) is 6.26 Å². The van der Waals surface area contributed by atoms with Crippen LogP contribution < -0.4 is 34.7 Å². The van der Waals surface area contributed by atoms with Gasteiger partial charge >= 0.3 is 29.6 Å². The minimum Gasteiger partial charge on any atom is -0.545 e. The Labute approximate surface area is 97.6 Å². The molecule has 0 amide bonds. The Morgan fingerprint density at radius 2 is 2.08 bits per heavy atom. The van der Waals surface area contributed by atoms with Crippen molar-refractivity contribution in [3.05, 3.63) is 12.3 Å². The Hall–Kier alpha value is -0.0800. The molecule has 0 aromatic heterocycles. The van der Waals surface area contributed by atoms with Crippen molar-refractivity contribution in [3.8, 4) is 0 Å². The summed E-state index contributed by atoms with van der Waals surface area (Å²) in [6.45, 7) is -0.303. The number of carboxylic acid groups (broad SMARTS) is 1. The monoisotopic (exact) mass is 218 g/mol. The van der Waals surface area contributed by atoms with Crippen LogP contribution in [-0.2, 0) is 19.6 Å². The number of carbonyl (C=O) groups is 1. The molecule has 0 radical (unpaired) electrons. The van der Waals surface area contributed by atoms with Crippen molar-refractivity contribution in [1.29, 1.82) is 0 Å². The number of rotatable bonds is 5. The smallest absolute Gasteiger partial charge is 0.545 e. The molecule has 70 valence electrons. The Kier molecular flexibility index (Phi) is 8.69. The number of aliphatic carboxylic acids is 1. The summed E-state index contributed by atoms with van der Waals surface area (Å²) in [6, 6.07) is 0. The molecule has 0 unspecified atom stereocenters. The maximum atomic E-state index is 10.1. The molecule has 0 bridgehead atoms. The quantitative estimate of drug-likeness (QED) is 0.163. The largest absolute Gasteiger partial charge is 1.00 e. The first-order valence-electron chi connectivity index (χ1n) is 2.86. The normalized spacial score (nSPS) is 10.8. The molecule has 0 aliphatic heterocycles. The van der Waals surface area contributed by atoms with E-state index in [4.69, 9.17) is 4.55 Å². The average Bonchev–Trinajstić information content (AvgIpc) is 1.83. The van der Waals surface area contributed by atoms with E-state index in [1.165, 1.54) is 0 Å². The maximum Gasteiger partial charge on any atom is 1.00 e. The summed E-state index contributed by atoms with van der Waals surface area (Å²) < 4.78 is 32.6. The molecular weight excluding hydrogens is 211 g/mol. The van der Waals surface area contributed by atoms with Crippen LogP contribution in [0.5, 0.6) is 0 Å². The topological polar surface area (TPSA) is 104 Å². The van der Waals surface area contributed by atoms with E-state index in [0.29, 0.717) is 6.08 Å². The predicted molar refractivity (Wildman–Crippen MR) is 36.5 cm³/mol. The Morgan fingerprint density at radius 1 is 1.54 bits per heavy atom. The van der Waals surface area contributed by atoms with Crippen LogP contribution in [0.25, 0.3) is 0 Å². The van der Waals surface area contributed by atoms with Gasteiger partial charge in [-0.25, -0.2) is 0 Å². The van der Waals surface area contributed by atoms with Gasteiger partial charge in [-0.2, -0.15) is 8.42 Å². The SMILES string of the molecule is O=C([O-])C=COCCS(=O)(=O)O.[Na+]. The molecule has 0 heterocycles. The first-order valence-corrected chi connectivity index (χ1v) is 4.47. The second-order valence-electron chi connectivity index (χ2n) is 1.78. The number of ether oxygens (including phenoxy) is 1. The molecule has 0 aromatic rings. The van der Waals surface area contributed by atoms with Gasteiger partial charge in [0, 0.05) is 0 Å². The van der Waals surface area contributed by atoms with Crippen LogP contribution >= 0.6 is 0 Å². The van der Waals surface area contributed by atoms with Gasteiger partial charge in [-0.05, 0) is 6.08 Å². The Morgan fingerprint density at radius 3 is 2.46 bits per heavy atom. The molecule has 0 saturated carbocycles. The van der Waals surface area contributed by atoms with Crippen LogP contribution in [0.4, 0.5) is 0 Å². The zero-order chi connectivity index (χ0) is 9.61. The Balaban J connectivity index is 0. The van der Waals surface area contributed by atoms with Crippen molar-refractivity contribution in [2.45, 2.75) is 0 Å². The van der Waals surface area contributed by atoms with Gasteiger partial charge < -0.3 is 14.6 Å². The van der Waals surface area contributed by atoms with Crippen LogP contribution in [0.3, 0.4) is 0 Å². The van der Waals surface area contributed by atoms with Gasteiger partial charge in [-0.1, -0.05) is 0 Å². The molecule has 0 rings (SSSR count). The third kappa shape index (κ3) is 14.7. The fraction of sp³-hybridized carbons (Fsp3) is 0.400. The van der Waals surface area contributed by atoms with E-state index in [1.807, 2.05) is 0 Å². The molecule has 0 saturated heterocycles. The van der Waals surface area contributed by atoms with Crippen molar-refractivity contribution >= 4 is 16.1 Å². The average molecular weight is 218 g/mol. The summed E-state index contributed by atoms with van der Waals surface area (Å²) in [5.41, 5.74) is 0. The first-order chi connectivity index (χ1) is 5.42. The summed E-state index contributed by atoms with van der Waals surface area (Å²) in [7, 11) is -4.05. The molecule has 0 aliphatic rings. The standard InChI is InChI=1S/C5H8O6S.Na/c6-5(7)1-2-11-3-4-12(8,9)10;/h1-2H,3-4H2,(H,6,7)(H,8,9,10);/q;+1/p-1. The molecule has 8 heteroatoms. The molecule has 13 heavy (non-hydrogen) atoms. The second kappa shape index (κ2) is 7.34. The van der Waals surface area contributed by atoms with Gasteiger partial charge in [0.05, 0.1) is 12.2 Å². The summed E-state index contributed by atoms with van der Waals surface area (Å²) in [5.74, 6) is -2.02. The number of carbonyl (C=O) groups excluding carboxylic acids is 1. The van der Waals surface area contributed by atoms with E-state index in [-0.39, 0.29) is 36.2 Å². The summed E-state index contributed by atoms with van der Waals surface area (Å²) in [4.78, 5) is 9.71. The van der Waals surface area contributed by atoms with Crippen LogP contribution in [0.2, 0.25) is 0 Å². The van der Waals surface area contributed by atoms with Crippen LogP contribution in [0, 0.1) is 0 Å². The van der Waals surface area contributed by atoms with Crippen molar-refractivity contribution in [3.63, 3.8) is 0 Å². The van der Waals surface area contributed by atoms with E-state index in [9.17, 15) is 18.3 Å². The number of carboxylic acids is 1. The molecule has 0 fully saturated rings. The minimum absolute atomic E-state index is 0. The van der Waals surface area contributed by atoms with Crippen molar-refractivity contribution in [2.24, 2.45) is 0 Å². The predicted octanol–water partition coefficient (Wildman–Crippen LogP) is -4.84. The van der Waals surface area contributed by atoms with Crippen LogP contribution in [0.1, 0.15) is 0 Å². The van der Waals surface area contributed by atoms with E-state index < -0.39 is 21.8 Å². The van der Waals surface area contributed by atoms with Gasteiger partial charge in [0.15, 0.2) is 0 Å². The maximum absolute atomic E-state index is 10.1. The molecule has 6 nitrogen and oxygen atoms in total. The fourth-order valence-corrected chi connectivity index (χ4v) is 0.632. The molecular formula is C5H7NaO6S. The van der Waals surface area contributed by atoms with Crippen molar-refractivity contribution < 1.29 is 57.2 Å². The van der Waals surface area contributed by atoms with Gasteiger partial charge in [-0.3, -0.25) is 4.55 Å². The van der Waals surface area contributed by atoms with Gasteiger partial charge in [0.2, 0.25) is 0 Å². The zero-order valence-electron chi connectivity index (χ0n) is 6.97. The van der Waals surface area contributed by atoms with Crippen molar-refractivity contribution in [1.82, 2.24) is 0 Å². The second-order valence-corrected chi connectivity index (χ2v) is 3.35. The molecule has 0 spiro atoms. The molecule has 0 aromatic carbocycles. The molecule has 0 atom stereocenters.